The predicted octanol–water partition coefficient (Wildman–Crippen LogP) is 2.10. The first-order valence-electron chi connectivity index (χ1n) is 6.04. The molecule has 3 rings (SSSR count). The number of fused-ring (bicyclic) bond motifs is 1. The number of ether oxygens (including phenoxy) is 2. The predicted molar refractivity (Wildman–Crippen MR) is 61.9 cm³/mol. The summed E-state index contributed by atoms with van der Waals surface area (Å²) in [6.45, 7) is 1.55. The summed E-state index contributed by atoms with van der Waals surface area (Å²) in [5, 5.41) is 3.52. The second-order valence-corrected chi connectivity index (χ2v) is 4.52. The highest BCUT2D eigenvalue weighted by atomic mass is 16.7. The van der Waals surface area contributed by atoms with E-state index in [1.807, 2.05) is 6.07 Å². The Kier molecular flexibility index (Phi) is 2.70. The van der Waals surface area contributed by atoms with E-state index in [1.54, 1.807) is 0 Å². The van der Waals surface area contributed by atoms with Crippen LogP contribution in [0.2, 0.25) is 0 Å². The first kappa shape index (κ1) is 9.97. The van der Waals surface area contributed by atoms with Crippen molar-refractivity contribution in [2.24, 2.45) is 0 Å². The maximum Gasteiger partial charge on any atom is 0.231 e. The summed E-state index contributed by atoms with van der Waals surface area (Å²) in [7, 11) is 0. The molecule has 0 aromatic heterocycles. The van der Waals surface area contributed by atoms with Crippen LogP contribution in [0.4, 0.5) is 0 Å². The van der Waals surface area contributed by atoms with Crippen molar-refractivity contribution in [3.63, 3.8) is 0 Å². The van der Waals surface area contributed by atoms with E-state index >= 15 is 0 Å². The van der Waals surface area contributed by atoms with Crippen LogP contribution in [0.5, 0.6) is 11.5 Å². The van der Waals surface area contributed by atoms with Crippen molar-refractivity contribution in [1.29, 1.82) is 0 Å². The molecule has 2 aliphatic rings. The van der Waals surface area contributed by atoms with E-state index in [4.69, 9.17) is 9.47 Å². The van der Waals surface area contributed by atoms with Gasteiger partial charge < -0.3 is 14.8 Å². The Balaban J connectivity index is 1.61. The normalized spacial score (nSPS) is 22.6. The molecule has 86 valence electrons. The summed E-state index contributed by atoms with van der Waals surface area (Å²) in [6, 6.07) is 6.98. The third-order valence-electron chi connectivity index (χ3n) is 3.38. The molecule has 3 heteroatoms. The fraction of sp³-hybridized carbons (Fsp3) is 0.538. The second kappa shape index (κ2) is 4.34. The Hall–Kier alpha value is -1.22. The molecule has 1 aromatic carbocycles. The first-order chi connectivity index (χ1) is 7.92. The van der Waals surface area contributed by atoms with Gasteiger partial charge in [0.2, 0.25) is 6.79 Å². The molecule has 1 N–H and O–H groups in total. The molecule has 0 saturated carbocycles. The van der Waals surface area contributed by atoms with E-state index in [9.17, 15) is 0 Å². The molecule has 1 saturated heterocycles. The second-order valence-electron chi connectivity index (χ2n) is 4.52. The average Bonchev–Trinajstić information content (AvgIpc) is 2.97. The van der Waals surface area contributed by atoms with Gasteiger partial charge in [0.05, 0.1) is 0 Å². The number of hydrogen-bond donors (Lipinski definition) is 1. The van der Waals surface area contributed by atoms with Crippen molar-refractivity contribution in [3.8, 4) is 11.5 Å². The summed E-state index contributed by atoms with van der Waals surface area (Å²) < 4.78 is 10.7. The fourth-order valence-corrected chi connectivity index (χ4v) is 2.44. The molecule has 0 aliphatic carbocycles. The van der Waals surface area contributed by atoms with Gasteiger partial charge in [-0.05, 0) is 49.9 Å². The van der Waals surface area contributed by atoms with Crippen LogP contribution in [0.15, 0.2) is 18.2 Å². The van der Waals surface area contributed by atoms with Crippen molar-refractivity contribution < 1.29 is 9.47 Å². The van der Waals surface area contributed by atoms with Crippen LogP contribution < -0.4 is 14.8 Å². The molecule has 0 bridgehead atoms. The largest absolute Gasteiger partial charge is 0.454 e. The minimum atomic E-state index is 0.364. The van der Waals surface area contributed by atoms with Crippen molar-refractivity contribution >= 4 is 0 Å². The van der Waals surface area contributed by atoms with Crippen LogP contribution in [0.25, 0.3) is 0 Å². The molecule has 1 aromatic rings. The number of nitrogens with one attached hydrogen (secondary N) is 1. The van der Waals surface area contributed by atoms with Crippen molar-refractivity contribution in [2.45, 2.75) is 31.7 Å². The van der Waals surface area contributed by atoms with Crippen molar-refractivity contribution in [3.05, 3.63) is 23.8 Å². The number of benzene rings is 1. The van der Waals surface area contributed by atoms with Crippen LogP contribution in [0.3, 0.4) is 0 Å². The van der Waals surface area contributed by atoms with E-state index in [0.717, 1.165) is 17.9 Å². The summed E-state index contributed by atoms with van der Waals surface area (Å²) >= 11 is 0. The smallest absolute Gasteiger partial charge is 0.231 e. The Morgan fingerprint density at radius 2 is 2.19 bits per heavy atom. The highest BCUT2D eigenvalue weighted by Gasteiger charge is 2.16. The fourth-order valence-electron chi connectivity index (χ4n) is 2.44. The van der Waals surface area contributed by atoms with Gasteiger partial charge in [-0.3, -0.25) is 0 Å². The third-order valence-corrected chi connectivity index (χ3v) is 3.38. The van der Waals surface area contributed by atoms with Crippen molar-refractivity contribution in [1.82, 2.24) is 5.32 Å². The number of hydrogen-bond acceptors (Lipinski definition) is 3. The Bertz CT molecular complexity index is 372. The lowest BCUT2D eigenvalue weighted by atomic mass is 10.0. The topological polar surface area (TPSA) is 30.5 Å². The average molecular weight is 219 g/mol. The van der Waals surface area contributed by atoms with E-state index in [1.165, 1.54) is 31.4 Å². The van der Waals surface area contributed by atoms with E-state index in [0.29, 0.717) is 12.8 Å². The zero-order valence-electron chi connectivity index (χ0n) is 9.37. The Morgan fingerprint density at radius 3 is 3.06 bits per heavy atom. The lowest BCUT2D eigenvalue weighted by molar-refractivity contribution is 0.174. The van der Waals surface area contributed by atoms with Crippen LogP contribution in [0, 0.1) is 0 Å². The van der Waals surface area contributed by atoms with Crippen molar-refractivity contribution in [2.75, 3.05) is 13.3 Å². The standard InChI is InChI=1S/C13H17NO2/c1-2-11(14-7-1)5-3-10-4-6-12-13(8-10)16-9-15-12/h4,6,8,11,14H,1-3,5,7,9H2. The van der Waals surface area contributed by atoms with Crippen LogP contribution in [0.1, 0.15) is 24.8 Å². The quantitative estimate of drug-likeness (QED) is 0.844. The maximum atomic E-state index is 5.37. The van der Waals surface area contributed by atoms with E-state index < -0.39 is 0 Å². The monoisotopic (exact) mass is 219 g/mol. The van der Waals surface area contributed by atoms with Gasteiger partial charge >= 0.3 is 0 Å². The van der Waals surface area contributed by atoms with Gasteiger partial charge in [-0.1, -0.05) is 6.07 Å². The molecule has 0 amide bonds. The molecule has 16 heavy (non-hydrogen) atoms. The lowest BCUT2D eigenvalue weighted by Crippen LogP contribution is -2.21. The number of rotatable bonds is 3. The van der Waals surface area contributed by atoms with Crippen LogP contribution >= 0.6 is 0 Å². The van der Waals surface area contributed by atoms with E-state index in [-0.39, 0.29) is 0 Å². The van der Waals surface area contributed by atoms with Gasteiger partial charge in [0.1, 0.15) is 0 Å². The van der Waals surface area contributed by atoms with Gasteiger partial charge in [0.25, 0.3) is 0 Å². The molecular formula is C13H17NO2. The molecule has 1 unspecified atom stereocenters. The minimum absolute atomic E-state index is 0.364. The summed E-state index contributed by atoms with van der Waals surface area (Å²) in [4.78, 5) is 0. The third kappa shape index (κ3) is 2.00. The Labute approximate surface area is 95.8 Å². The molecule has 0 radical (unpaired) electrons. The lowest BCUT2D eigenvalue weighted by Gasteiger charge is -2.09. The molecule has 2 heterocycles. The molecule has 0 spiro atoms. The zero-order chi connectivity index (χ0) is 10.8. The minimum Gasteiger partial charge on any atom is -0.454 e. The summed E-state index contributed by atoms with van der Waals surface area (Å²) in [5.74, 6) is 1.78. The van der Waals surface area contributed by atoms with Gasteiger partial charge in [0, 0.05) is 6.04 Å². The summed E-state index contributed by atoms with van der Waals surface area (Å²) in [6.07, 6.45) is 4.99. The molecule has 2 aliphatic heterocycles. The molecule has 3 nitrogen and oxygen atoms in total. The zero-order valence-corrected chi connectivity index (χ0v) is 9.37. The van der Waals surface area contributed by atoms with Gasteiger partial charge in [-0.15, -0.1) is 0 Å². The highest BCUT2D eigenvalue weighted by molar-refractivity contribution is 5.44. The molecule has 1 atom stereocenters. The Morgan fingerprint density at radius 1 is 1.25 bits per heavy atom. The van der Waals surface area contributed by atoms with Gasteiger partial charge in [0.15, 0.2) is 11.5 Å². The SMILES string of the molecule is c1cc2c(cc1CCC1CCCN1)OCO2. The number of aryl methyl sites for hydroxylation is 1. The highest BCUT2D eigenvalue weighted by Crippen LogP contribution is 2.32. The van der Waals surface area contributed by atoms with Gasteiger partial charge in [-0.2, -0.15) is 0 Å². The van der Waals surface area contributed by atoms with E-state index in [2.05, 4.69) is 17.4 Å². The summed E-state index contributed by atoms with van der Waals surface area (Å²) in [5.41, 5.74) is 1.35. The van der Waals surface area contributed by atoms with Crippen LogP contribution in [-0.2, 0) is 6.42 Å². The van der Waals surface area contributed by atoms with Gasteiger partial charge in [-0.25, -0.2) is 0 Å². The maximum absolute atomic E-state index is 5.37. The first-order valence-corrected chi connectivity index (χ1v) is 6.04. The molecular weight excluding hydrogens is 202 g/mol. The van der Waals surface area contributed by atoms with Crippen LogP contribution in [-0.4, -0.2) is 19.4 Å². The molecule has 1 fully saturated rings.